The van der Waals surface area contributed by atoms with Gasteiger partial charge in [0.2, 0.25) is 0 Å². The van der Waals surface area contributed by atoms with Crippen molar-refractivity contribution in [3.8, 4) is 0 Å². The Bertz CT molecular complexity index is 123. The molecule has 0 unspecified atom stereocenters. The van der Waals surface area contributed by atoms with Crippen molar-refractivity contribution in [3.63, 3.8) is 0 Å². The molecule has 18 heavy (non-hydrogen) atoms. The zero-order chi connectivity index (χ0) is 13.3. The molecule has 0 saturated carbocycles. The Hall–Kier alpha value is 0.250. The van der Waals surface area contributed by atoms with Crippen LogP contribution in [0.1, 0.15) is 84.0 Å². The van der Waals surface area contributed by atoms with E-state index in [4.69, 9.17) is 16.3 Å². The standard InChI is InChI=1S/C16H33ClO/c1-2-18-16-14-12-10-8-6-4-3-5-7-9-11-13-15-17/h2-16H2,1H3. The smallest absolute Gasteiger partial charge is 0.0465 e. The maximum Gasteiger partial charge on any atom is 0.0465 e. The molecule has 0 saturated heterocycles. The topological polar surface area (TPSA) is 9.23 Å². The van der Waals surface area contributed by atoms with Gasteiger partial charge in [-0.2, -0.15) is 0 Å². The predicted molar refractivity (Wildman–Crippen MR) is 82.6 cm³/mol. The Morgan fingerprint density at radius 1 is 0.611 bits per heavy atom. The summed E-state index contributed by atoms with van der Waals surface area (Å²) in [5.74, 6) is 0.837. The van der Waals surface area contributed by atoms with Gasteiger partial charge in [-0.15, -0.1) is 11.6 Å². The van der Waals surface area contributed by atoms with Crippen LogP contribution >= 0.6 is 11.6 Å². The lowest BCUT2D eigenvalue weighted by Gasteiger charge is -2.03. The molecule has 2 heteroatoms. The summed E-state index contributed by atoms with van der Waals surface area (Å²) >= 11 is 5.64. The van der Waals surface area contributed by atoms with Crippen molar-refractivity contribution >= 4 is 11.6 Å². The van der Waals surface area contributed by atoms with Gasteiger partial charge in [0, 0.05) is 19.1 Å². The molecule has 0 amide bonds. The van der Waals surface area contributed by atoms with Gasteiger partial charge in [0.1, 0.15) is 0 Å². The van der Waals surface area contributed by atoms with E-state index in [1.165, 1.54) is 77.0 Å². The normalized spacial score (nSPS) is 11.0. The molecule has 0 aromatic carbocycles. The van der Waals surface area contributed by atoms with E-state index in [1.807, 2.05) is 0 Å². The van der Waals surface area contributed by atoms with Gasteiger partial charge in [0.25, 0.3) is 0 Å². The molecule has 0 N–H and O–H groups in total. The highest BCUT2D eigenvalue weighted by atomic mass is 35.5. The third-order valence-electron chi connectivity index (χ3n) is 3.38. The number of halogens is 1. The van der Waals surface area contributed by atoms with Gasteiger partial charge in [-0.05, 0) is 19.8 Å². The molecule has 0 heterocycles. The number of hydrogen-bond donors (Lipinski definition) is 0. The number of alkyl halides is 1. The largest absolute Gasteiger partial charge is 0.382 e. The Morgan fingerprint density at radius 3 is 1.39 bits per heavy atom. The highest BCUT2D eigenvalue weighted by molar-refractivity contribution is 6.17. The van der Waals surface area contributed by atoms with E-state index in [2.05, 4.69) is 6.92 Å². The number of rotatable bonds is 15. The lowest BCUT2D eigenvalue weighted by atomic mass is 10.1. The van der Waals surface area contributed by atoms with E-state index in [0.717, 1.165) is 19.1 Å². The van der Waals surface area contributed by atoms with Gasteiger partial charge >= 0.3 is 0 Å². The SMILES string of the molecule is CCOCCCCCCCCCCCCCCCl. The molecular formula is C16H33ClO. The van der Waals surface area contributed by atoms with Crippen LogP contribution in [0, 0.1) is 0 Å². The van der Waals surface area contributed by atoms with Crippen molar-refractivity contribution in [1.29, 1.82) is 0 Å². The van der Waals surface area contributed by atoms with Crippen LogP contribution in [0.5, 0.6) is 0 Å². The van der Waals surface area contributed by atoms with Crippen LogP contribution in [-0.2, 0) is 4.74 Å². The summed E-state index contributed by atoms with van der Waals surface area (Å²) < 4.78 is 5.33. The van der Waals surface area contributed by atoms with Crippen molar-refractivity contribution in [1.82, 2.24) is 0 Å². The van der Waals surface area contributed by atoms with Gasteiger partial charge in [0.05, 0.1) is 0 Å². The van der Waals surface area contributed by atoms with Crippen LogP contribution in [0.15, 0.2) is 0 Å². The molecule has 0 rings (SSSR count). The van der Waals surface area contributed by atoms with Crippen LogP contribution in [0.25, 0.3) is 0 Å². The Morgan fingerprint density at radius 2 is 1.00 bits per heavy atom. The quantitative estimate of drug-likeness (QED) is 0.265. The first-order valence-electron chi connectivity index (χ1n) is 8.05. The fourth-order valence-corrected chi connectivity index (χ4v) is 2.40. The maximum atomic E-state index is 5.64. The molecule has 0 aliphatic rings. The van der Waals surface area contributed by atoms with E-state index in [1.54, 1.807) is 0 Å². The summed E-state index contributed by atoms with van der Waals surface area (Å²) in [5, 5.41) is 0. The average molecular weight is 277 g/mol. The monoisotopic (exact) mass is 276 g/mol. The van der Waals surface area contributed by atoms with E-state index in [9.17, 15) is 0 Å². The molecule has 0 radical (unpaired) electrons. The first kappa shape index (κ1) is 18.2. The van der Waals surface area contributed by atoms with Gasteiger partial charge in [-0.1, -0.05) is 64.2 Å². The van der Waals surface area contributed by atoms with E-state index >= 15 is 0 Å². The lowest BCUT2D eigenvalue weighted by molar-refractivity contribution is 0.143. The molecule has 0 bridgehead atoms. The van der Waals surface area contributed by atoms with Crippen molar-refractivity contribution < 1.29 is 4.74 Å². The molecule has 0 aromatic rings. The summed E-state index contributed by atoms with van der Waals surface area (Å²) in [6.45, 7) is 3.89. The van der Waals surface area contributed by atoms with Crippen LogP contribution in [-0.4, -0.2) is 19.1 Å². The number of unbranched alkanes of at least 4 members (excludes halogenated alkanes) is 11. The molecular weight excluding hydrogens is 244 g/mol. The third-order valence-corrected chi connectivity index (χ3v) is 3.64. The second kappa shape index (κ2) is 17.2. The highest BCUT2D eigenvalue weighted by Crippen LogP contribution is 2.12. The maximum absolute atomic E-state index is 5.64. The first-order valence-corrected chi connectivity index (χ1v) is 8.59. The van der Waals surface area contributed by atoms with Gasteiger partial charge in [0.15, 0.2) is 0 Å². The molecule has 110 valence electrons. The van der Waals surface area contributed by atoms with Crippen LogP contribution in [0.3, 0.4) is 0 Å². The summed E-state index contributed by atoms with van der Waals surface area (Å²) in [4.78, 5) is 0. The molecule has 0 atom stereocenters. The highest BCUT2D eigenvalue weighted by Gasteiger charge is 1.93. The number of hydrogen-bond acceptors (Lipinski definition) is 1. The Labute approximate surface area is 120 Å². The Kier molecular flexibility index (Phi) is 17.5. The van der Waals surface area contributed by atoms with Gasteiger partial charge < -0.3 is 4.74 Å². The van der Waals surface area contributed by atoms with Crippen molar-refractivity contribution in [2.75, 3.05) is 19.1 Å². The van der Waals surface area contributed by atoms with Gasteiger partial charge in [-0.25, -0.2) is 0 Å². The molecule has 0 aliphatic heterocycles. The molecule has 1 nitrogen and oxygen atoms in total. The lowest BCUT2D eigenvalue weighted by Crippen LogP contribution is -1.92. The second-order valence-corrected chi connectivity index (χ2v) is 5.51. The van der Waals surface area contributed by atoms with E-state index in [-0.39, 0.29) is 0 Å². The predicted octanol–water partition coefficient (Wildman–Crippen LogP) is 5.94. The molecule has 0 spiro atoms. The third kappa shape index (κ3) is 16.2. The van der Waals surface area contributed by atoms with E-state index < -0.39 is 0 Å². The van der Waals surface area contributed by atoms with Crippen LogP contribution < -0.4 is 0 Å². The second-order valence-electron chi connectivity index (χ2n) is 5.13. The van der Waals surface area contributed by atoms with Crippen molar-refractivity contribution in [2.45, 2.75) is 84.0 Å². The first-order chi connectivity index (χ1) is 8.91. The minimum atomic E-state index is 0.837. The zero-order valence-electron chi connectivity index (χ0n) is 12.4. The van der Waals surface area contributed by atoms with Crippen LogP contribution in [0.4, 0.5) is 0 Å². The molecule has 0 fully saturated rings. The van der Waals surface area contributed by atoms with Crippen LogP contribution in [0.2, 0.25) is 0 Å². The fraction of sp³-hybridized carbons (Fsp3) is 1.00. The molecule has 0 aliphatic carbocycles. The summed E-state index contributed by atoms with van der Waals surface area (Å²) in [7, 11) is 0. The average Bonchev–Trinajstić information content (AvgIpc) is 2.39. The van der Waals surface area contributed by atoms with Crippen molar-refractivity contribution in [3.05, 3.63) is 0 Å². The van der Waals surface area contributed by atoms with Gasteiger partial charge in [-0.3, -0.25) is 0 Å². The molecule has 0 aromatic heterocycles. The van der Waals surface area contributed by atoms with Crippen molar-refractivity contribution in [2.24, 2.45) is 0 Å². The van der Waals surface area contributed by atoms with E-state index in [0.29, 0.717) is 0 Å². The number of ether oxygens (including phenoxy) is 1. The summed E-state index contributed by atoms with van der Waals surface area (Å²) in [5.41, 5.74) is 0. The summed E-state index contributed by atoms with van der Waals surface area (Å²) in [6.07, 6.45) is 16.4. The minimum Gasteiger partial charge on any atom is -0.382 e. The summed E-state index contributed by atoms with van der Waals surface area (Å²) in [6, 6.07) is 0. The Balaban J connectivity index is 2.86. The fourth-order valence-electron chi connectivity index (χ4n) is 2.21. The minimum absolute atomic E-state index is 0.837. The zero-order valence-corrected chi connectivity index (χ0v) is 13.1.